The van der Waals surface area contributed by atoms with Crippen LogP contribution in [-0.2, 0) is 25.0 Å². The molecule has 0 amide bonds. The molecule has 0 bridgehead atoms. The molecule has 6 nitrogen and oxygen atoms in total. The van der Waals surface area contributed by atoms with Crippen LogP contribution in [0.3, 0.4) is 0 Å². The van der Waals surface area contributed by atoms with E-state index in [2.05, 4.69) is 25.0 Å². The summed E-state index contributed by atoms with van der Waals surface area (Å²) in [6, 6.07) is 0. The molecule has 0 atom stereocenters. The van der Waals surface area contributed by atoms with Crippen molar-refractivity contribution in [2.45, 2.75) is 0 Å². The van der Waals surface area contributed by atoms with Gasteiger partial charge in [-0.3, -0.25) is 0 Å². The second kappa shape index (κ2) is 4.97. The first kappa shape index (κ1) is 8.34. The highest BCUT2D eigenvalue weighted by Crippen LogP contribution is 2.07. The fourth-order valence-corrected chi connectivity index (χ4v) is 0.464. The van der Waals surface area contributed by atoms with Gasteiger partial charge >= 0.3 is 0 Å². The molecule has 6 heteroatoms. The van der Waals surface area contributed by atoms with E-state index in [4.69, 9.17) is 5.26 Å². The van der Waals surface area contributed by atoms with E-state index in [0.29, 0.717) is 0 Å². The Morgan fingerprint density at radius 2 is 2.09 bits per heavy atom. The maximum atomic E-state index is 7.53. The van der Waals surface area contributed by atoms with E-state index in [-0.39, 0.29) is 6.61 Å². The van der Waals surface area contributed by atoms with Crippen molar-refractivity contribution in [2.75, 3.05) is 6.61 Å². The lowest BCUT2D eigenvalue weighted by molar-refractivity contribution is -0.752. The van der Waals surface area contributed by atoms with E-state index in [9.17, 15) is 0 Å². The van der Waals surface area contributed by atoms with Gasteiger partial charge in [0.15, 0.2) is 0 Å². The van der Waals surface area contributed by atoms with Gasteiger partial charge in [-0.25, -0.2) is 5.26 Å². The van der Waals surface area contributed by atoms with Crippen LogP contribution in [0, 0.1) is 0 Å². The molecule has 0 spiro atoms. The number of allylic oxidation sites excluding steroid dienone is 2. The summed E-state index contributed by atoms with van der Waals surface area (Å²) in [6.45, 7) is 0.241. The van der Waals surface area contributed by atoms with Crippen molar-refractivity contribution in [1.82, 2.24) is 0 Å². The summed E-state index contributed by atoms with van der Waals surface area (Å²) in [7, 11) is 0. The number of rotatable bonds is 6. The van der Waals surface area contributed by atoms with E-state index in [1.54, 1.807) is 0 Å². The molecule has 1 aliphatic rings. The molecule has 0 fully saturated rings. The third-order valence-electron chi connectivity index (χ3n) is 0.980. The standard InChI is InChI=1S/C5H6O6/c6-8-10-11-9-7-4-5-2-1-3-5/h1-3,6H,4H2. The molecule has 0 aromatic carbocycles. The van der Waals surface area contributed by atoms with Crippen LogP contribution in [0.15, 0.2) is 23.8 Å². The van der Waals surface area contributed by atoms with Gasteiger partial charge in [-0.15, -0.1) is 0 Å². The lowest BCUT2D eigenvalue weighted by Gasteiger charge is -2.04. The third kappa shape index (κ3) is 3.23. The van der Waals surface area contributed by atoms with Crippen molar-refractivity contribution >= 4 is 0 Å². The van der Waals surface area contributed by atoms with Crippen molar-refractivity contribution in [1.29, 1.82) is 0 Å². The second-order valence-corrected chi connectivity index (χ2v) is 1.64. The zero-order valence-electron chi connectivity index (χ0n) is 5.43. The minimum absolute atomic E-state index is 0.241. The normalized spacial score (nSPS) is 14.5. The first-order valence-electron chi connectivity index (χ1n) is 2.74. The first-order chi connectivity index (χ1) is 5.43. The van der Waals surface area contributed by atoms with Crippen LogP contribution in [0.1, 0.15) is 0 Å². The van der Waals surface area contributed by atoms with Crippen LogP contribution >= 0.6 is 0 Å². The minimum Gasteiger partial charge on any atom is -0.219 e. The highest BCUT2D eigenvalue weighted by molar-refractivity contribution is 5.35. The Hall–Kier alpha value is -0.760. The quantitative estimate of drug-likeness (QED) is 0.352. The Kier molecular flexibility index (Phi) is 3.76. The SMILES string of the molecule is OOOOOOCC1=CC=C1. The second-order valence-electron chi connectivity index (χ2n) is 1.64. The summed E-state index contributed by atoms with van der Waals surface area (Å²) in [6.07, 6.45) is 5.53. The maximum absolute atomic E-state index is 7.53. The zero-order chi connectivity index (χ0) is 7.94. The molecule has 0 saturated carbocycles. The molecule has 1 rings (SSSR count). The van der Waals surface area contributed by atoms with Gasteiger partial charge in [-0.05, 0) is 25.7 Å². The van der Waals surface area contributed by atoms with Gasteiger partial charge in [-0.2, -0.15) is 4.89 Å². The Morgan fingerprint density at radius 1 is 1.27 bits per heavy atom. The van der Waals surface area contributed by atoms with Crippen molar-refractivity contribution in [2.24, 2.45) is 0 Å². The highest BCUT2D eigenvalue weighted by atomic mass is 17.8. The van der Waals surface area contributed by atoms with Crippen LogP contribution < -0.4 is 0 Å². The summed E-state index contributed by atoms with van der Waals surface area (Å²) in [5, 5.41) is 21.6. The molecule has 0 aromatic rings. The molecule has 0 radical (unpaired) electrons. The fourth-order valence-electron chi connectivity index (χ4n) is 0.464. The molecule has 62 valence electrons. The van der Waals surface area contributed by atoms with Crippen LogP contribution in [0.2, 0.25) is 0 Å². The van der Waals surface area contributed by atoms with Crippen molar-refractivity contribution < 1.29 is 30.3 Å². The Balaban J connectivity index is 1.81. The maximum Gasteiger partial charge on any atom is 0.111 e. The van der Waals surface area contributed by atoms with Gasteiger partial charge < -0.3 is 0 Å². The average molecular weight is 162 g/mol. The van der Waals surface area contributed by atoms with E-state index < -0.39 is 0 Å². The molecule has 0 heterocycles. The summed E-state index contributed by atoms with van der Waals surface area (Å²) in [5.74, 6) is 0. The van der Waals surface area contributed by atoms with E-state index >= 15 is 0 Å². The molecule has 0 aliphatic heterocycles. The van der Waals surface area contributed by atoms with E-state index in [1.165, 1.54) is 0 Å². The Bertz CT molecular complexity index is 162. The van der Waals surface area contributed by atoms with Crippen LogP contribution in [-0.4, -0.2) is 11.9 Å². The van der Waals surface area contributed by atoms with Crippen molar-refractivity contribution in [3.63, 3.8) is 0 Å². The third-order valence-corrected chi connectivity index (χ3v) is 0.980. The number of hydrogen-bond donors (Lipinski definition) is 1. The molecule has 1 aliphatic carbocycles. The molecule has 1 N–H and O–H groups in total. The molecule has 0 aromatic heterocycles. The van der Waals surface area contributed by atoms with Gasteiger partial charge in [0.1, 0.15) is 6.61 Å². The summed E-state index contributed by atoms with van der Waals surface area (Å²) in [4.78, 5) is 4.38. The topological polar surface area (TPSA) is 66.4 Å². The molecular weight excluding hydrogens is 156 g/mol. The smallest absolute Gasteiger partial charge is 0.111 e. The average Bonchev–Trinajstić information content (AvgIpc) is 1.93. The van der Waals surface area contributed by atoms with Gasteiger partial charge in [-0.1, -0.05) is 18.2 Å². The van der Waals surface area contributed by atoms with Crippen LogP contribution in [0.4, 0.5) is 0 Å². The molecule has 11 heavy (non-hydrogen) atoms. The van der Waals surface area contributed by atoms with Crippen LogP contribution in [0.5, 0.6) is 0 Å². The minimum atomic E-state index is 0.241. The largest absolute Gasteiger partial charge is 0.219 e. The lowest BCUT2D eigenvalue weighted by atomic mass is 10.1. The van der Waals surface area contributed by atoms with Gasteiger partial charge in [0.2, 0.25) is 0 Å². The lowest BCUT2D eigenvalue weighted by Crippen LogP contribution is -2.02. The predicted molar refractivity (Wildman–Crippen MR) is 30.1 cm³/mol. The summed E-state index contributed by atoms with van der Waals surface area (Å²) < 4.78 is 0. The van der Waals surface area contributed by atoms with Gasteiger partial charge in [0.05, 0.1) is 0 Å². The monoisotopic (exact) mass is 162 g/mol. The Morgan fingerprint density at radius 3 is 2.64 bits per heavy atom. The first-order valence-corrected chi connectivity index (χ1v) is 2.74. The van der Waals surface area contributed by atoms with Crippen molar-refractivity contribution in [3.8, 4) is 0 Å². The van der Waals surface area contributed by atoms with Gasteiger partial charge in [0, 0.05) is 0 Å². The van der Waals surface area contributed by atoms with E-state index in [0.717, 1.165) is 5.57 Å². The Labute approximate surface area is 61.8 Å². The zero-order valence-corrected chi connectivity index (χ0v) is 5.43. The highest BCUT2D eigenvalue weighted by Gasteiger charge is 1.98. The van der Waals surface area contributed by atoms with Crippen molar-refractivity contribution in [3.05, 3.63) is 23.8 Å². The van der Waals surface area contributed by atoms with E-state index in [1.807, 2.05) is 18.2 Å². The van der Waals surface area contributed by atoms with Crippen LogP contribution in [0.25, 0.3) is 0 Å². The molecular formula is C5H6O6. The predicted octanol–water partition coefficient (Wildman–Crippen LogP) is 0.699. The number of hydrogen-bond acceptors (Lipinski definition) is 6. The molecule has 0 unspecified atom stereocenters. The summed E-state index contributed by atoms with van der Waals surface area (Å²) in [5.41, 5.74) is 0.957. The molecule has 0 saturated heterocycles. The summed E-state index contributed by atoms with van der Waals surface area (Å²) >= 11 is 0. The fraction of sp³-hybridized carbons (Fsp3) is 0.200. The van der Waals surface area contributed by atoms with Gasteiger partial charge in [0.25, 0.3) is 0 Å².